The molecule has 0 unspecified atom stereocenters. The Morgan fingerprint density at radius 1 is 1.17 bits per heavy atom. The molecule has 1 atom stereocenters. The molecule has 29 heavy (non-hydrogen) atoms. The van der Waals surface area contributed by atoms with Crippen LogP contribution < -0.4 is 5.32 Å². The maximum atomic E-state index is 12.8. The number of nitrogens with one attached hydrogen (secondary N) is 2. The SMILES string of the molecule is C[C@H](Sc1nncn1C)c1cccc(NC(=O)c2cccc(-c3ccn[nH]3)c2)c1. The van der Waals surface area contributed by atoms with Crippen LogP contribution in [0.2, 0.25) is 0 Å². The van der Waals surface area contributed by atoms with Crippen molar-refractivity contribution in [2.45, 2.75) is 17.3 Å². The van der Waals surface area contributed by atoms with Gasteiger partial charge in [0, 0.05) is 35.3 Å². The van der Waals surface area contributed by atoms with Crippen molar-refractivity contribution in [1.82, 2.24) is 25.0 Å². The maximum Gasteiger partial charge on any atom is 0.255 e. The second kappa shape index (κ2) is 8.32. The van der Waals surface area contributed by atoms with E-state index in [1.165, 1.54) is 0 Å². The molecule has 8 heteroatoms. The molecule has 7 nitrogen and oxygen atoms in total. The van der Waals surface area contributed by atoms with Crippen LogP contribution >= 0.6 is 11.8 Å². The van der Waals surface area contributed by atoms with Crippen LogP contribution in [0.1, 0.15) is 28.1 Å². The number of nitrogens with zero attached hydrogens (tertiary/aromatic N) is 4. The number of H-pyrrole nitrogens is 1. The number of aromatic amines is 1. The highest BCUT2D eigenvalue weighted by molar-refractivity contribution is 7.99. The number of thioether (sulfide) groups is 1. The quantitative estimate of drug-likeness (QED) is 0.468. The zero-order valence-electron chi connectivity index (χ0n) is 16.0. The van der Waals surface area contributed by atoms with Crippen molar-refractivity contribution in [3.05, 3.63) is 78.2 Å². The highest BCUT2D eigenvalue weighted by atomic mass is 32.2. The summed E-state index contributed by atoms with van der Waals surface area (Å²) in [7, 11) is 1.92. The number of aromatic nitrogens is 5. The van der Waals surface area contributed by atoms with E-state index in [4.69, 9.17) is 0 Å². The lowest BCUT2D eigenvalue weighted by molar-refractivity contribution is 0.102. The summed E-state index contributed by atoms with van der Waals surface area (Å²) >= 11 is 1.62. The van der Waals surface area contributed by atoms with Crippen molar-refractivity contribution >= 4 is 23.4 Å². The first-order valence-corrected chi connectivity index (χ1v) is 10.00. The van der Waals surface area contributed by atoms with E-state index in [9.17, 15) is 4.79 Å². The summed E-state index contributed by atoms with van der Waals surface area (Å²) in [5.41, 5.74) is 4.23. The molecule has 0 radical (unpaired) electrons. The lowest BCUT2D eigenvalue weighted by atomic mass is 10.1. The third-order valence-corrected chi connectivity index (χ3v) is 5.71. The number of carbonyl (C=O) groups excluding carboxylic acids is 1. The average Bonchev–Trinajstić information content (AvgIpc) is 3.41. The number of rotatable bonds is 6. The molecule has 0 bridgehead atoms. The molecular formula is C21H20N6OS. The van der Waals surface area contributed by atoms with Gasteiger partial charge in [0.15, 0.2) is 5.16 Å². The minimum Gasteiger partial charge on any atom is -0.322 e. The number of hydrogen-bond acceptors (Lipinski definition) is 5. The van der Waals surface area contributed by atoms with Crippen LogP contribution in [0.3, 0.4) is 0 Å². The minimum atomic E-state index is -0.155. The zero-order chi connectivity index (χ0) is 20.2. The predicted molar refractivity (Wildman–Crippen MR) is 114 cm³/mol. The van der Waals surface area contributed by atoms with Crippen LogP contribution in [0.15, 0.2) is 72.3 Å². The van der Waals surface area contributed by atoms with Gasteiger partial charge in [-0.1, -0.05) is 36.0 Å². The van der Waals surface area contributed by atoms with Crippen LogP contribution in [0.4, 0.5) is 5.69 Å². The molecule has 4 rings (SSSR count). The van der Waals surface area contributed by atoms with Crippen molar-refractivity contribution in [3.63, 3.8) is 0 Å². The minimum absolute atomic E-state index is 0.155. The summed E-state index contributed by atoms with van der Waals surface area (Å²) in [6, 6.07) is 17.2. The number of anilines is 1. The first kappa shape index (κ1) is 18.9. The van der Waals surface area contributed by atoms with Gasteiger partial charge >= 0.3 is 0 Å². The topological polar surface area (TPSA) is 88.5 Å². The molecule has 2 aromatic heterocycles. The Bertz CT molecular complexity index is 1120. The highest BCUT2D eigenvalue weighted by Crippen LogP contribution is 2.34. The fourth-order valence-corrected chi connectivity index (χ4v) is 3.83. The fourth-order valence-electron chi connectivity index (χ4n) is 2.92. The average molecular weight is 404 g/mol. The summed E-state index contributed by atoms with van der Waals surface area (Å²) in [4.78, 5) is 12.8. The largest absolute Gasteiger partial charge is 0.322 e. The zero-order valence-corrected chi connectivity index (χ0v) is 16.9. The summed E-state index contributed by atoms with van der Waals surface area (Å²) in [6.45, 7) is 2.11. The molecule has 0 spiro atoms. The van der Waals surface area contributed by atoms with Gasteiger partial charge in [-0.3, -0.25) is 9.89 Å². The summed E-state index contributed by atoms with van der Waals surface area (Å²) in [5.74, 6) is -0.155. The lowest BCUT2D eigenvalue weighted by Gasteiger charge is -2.13. The van der Waals surface area contributed by atoms with Gasteiger partial charge in [0.25, 0.3) is 5.91 Å². The first-order valence-electron chi connectivity index (χ1n) is 9.12. The van der Waals surface area contributed by atoms with E-state index in [2.05, 4.69) is 32.6 Å². The van der Waals surface area contributed by atoms with Gasteiger partial charge in [0.2, 0.25) is 0 Å². The molecule has 0 aliphatic rings. The van der Waals surface area contributed by atoms with E-state index in [-0.39, 0.29) is 11.2 Å². The molecule has 2 N–H and O–H groups in total. The molecule has 2 heterocycles. The Labute approximate surface area is 172 Å². The number of hydrogen-bond donors (Lipinski definition) is 2. The Hall–Kier alpha value is -3.39. The van der Waals surface area contributed by atoms with Crippen molar-refractivity contribution in [2.75, 3.05) is 5.32 Å². The van der Waals surface area contributed by atoms with E-state index in [0.717, 1.165) is 27.7 Å². The van der Waals surface area contributed by atoms with Gasteiger partial charge in [0.05, 0.1) is 5.69 Å². The second-order valence-corrected chi connectivity index (χ2v) is 7.92. The third kappa shape index (κ3) is 4.38. The van der Waals surface area contributed by atoms with E-state index in [1.807, 2.05) is 60.1 Å². The van der Waals surface area contributed by atoms with Crippen molar-refractivity contribution in [1.29, 1.82) is 0 Å². The monoisotopic (exact) mass is 404 g/mol. The standard InChI is InChI=1S/C21H20N6OS/c1-14(29-21-26-23-13-27(21)2)15-5-4-8-18(12-15)24-20(28)17-7-3-6-16(11-17)19-9-10-22-25-19/h3-14H,1-2H3,(H,22,25)(H,24,28)/t14-/m0/s1. The first-order chi connectivity index (χ1) is 14.1. The molecule has 0 aliphatic carbocycles. The molecule has 0 aliphatic heterocycles. The Balaban J connectivity index is 1.48. The third-order valence-electron chi connectivity index (χ3n) is 4.50. The molecular weight excluding hydrogens is 384 g/mol. The Morgan fingerprint density at radius 3 is 2.79 bits per heavy atom. The number of benzene rings is 2. The number of aryl methyl sites for hydroxylation is 1. The van der Waals surface area contributed by atoms with E-state index in [1.54, 1.807) is 30.4 Å². The van der Waals surface area contributed by atoms with Crippen LogP contribution in [0.25, 0.3) is 11.3 Å². The Kier molecular flexibility index (Phi) is 5.44. The normalized spacial score (nSPS) is 11.9. The van der Waals surface area contributed by atoms with Gasteiger partial charge in [-0.2, -0.15) is 5.10 Å². The van der Waals surface area contributed by atoms with Crippen LogP contribution in [-0.4, -0.2) is 30.9 Å². The molecule has 0 fully saturated rings. The molecule has 0 saturated carbocycles. The predicted octanol–water partition coefficient (Wildman–Crippen LogP) is 4.31. The lowest BCUT2D eigenvalue weighted by Crippen LogP contribution is -2.12. The summed E-state index contributed by atoms with van der Waals surface area (Å²) < 4.78 is 1.89. The van der Waals surface area contributed by atoms with E-state index in [0.29, 0.717) is 5.56 Å². The fraction of sp³-hybridized carbons (Fsp3) is 0.143. The highest BCUT2D eigenvalue weighted by Gasteiger charge is 2.13. The van der Waals surface area contributed by atoms with Crippen molar-refractivity contribution in [2.24, 2.45) is 7.05 Å². The van der Waals surface area contributed by atoms with Crippen LogP contribution in [0.5, 0.6) is 0 Å². The second-order valence-electron chi connectivity index (χ2n) is 6.62. The summed E-state index contributed by atoms with van der Waals surface area (Å²) in [6.07, 6.45) is 3.37. The van der Waals surface area contributed by atoms with Gasteiger partial charge < -0.3 is 9.88 Å². The van der Waals surface area contributed by atoms with Crippen LogP contribution in [0, 0.1) is 0 Å². The number of amides is 1. The van der Waals surface area contributed by atoms with Gasteiger partial charge in [0.1, 0.15) is 6.33 Å². The Morgan fingerprint density at radius 2 is 2.03 bits per heavy atom. The molecule has 2 aromatic carbocycles. The maximum absolute atomic E-state index is 12.8. The van der Waals surface area contributed by atoms with Crippen molar-refractivity contribution < 1.29 is 4.79 Å². The molecule has 1 amide bonds. The van der Waals surface area contributed by atoms with E-state index < -0.39 is 0 Å². The number of carbonyl (C=O) groups is 1. The van der Waals surface area contributed by atoms with Gasteiger partial charge in [-0.15, -0.1) is 10.2 Å². The smallest absolute Gasteiger partial charge is 0.255 e. The molecule has 4 aromatic rings. The summed E-state index contributed by atoms with van der Waals surface area (Å²) in [5, 5.41) is 18.9. The van der Waals surface area contributed by atoms with Crippen molar-refractivity contribution in [3.8, 4) is 11.3 Å². The van der Waals surface area contributed by atoms with Crippen LogP contribution in [-0.2, 0) is 7.05 Å². The van der Waals surface area contributed by atoms with E-state index >= 15 is 0 Å². The molecule has 0 saturated heterocycles. The van der Waals surface area contributed by atoms with Gasteiger partial charge in [-0.25, -0.2) is 0 Å². The van der Waals surface area contributed by atoms with Gasteiger partial charge in [-0.05, 0) is 42.8 Å². The molecule has 146 valence electrons.